The monoisotopic (exact) mass is 336 g/mol. The van der Waals surface area contributed by atoms with Crippen molar-refractivity contribution in [2.24, 2.45) is 0 Å². The fourth-order valence-corrected chi connectivity index (χ4v) is 2.63. The van der Waals surface area contributed by atoms with E-state index in [1.54, 1.807) is 0 Å². The average molecular weight is 336 g/mol. The van der Waals surface area contributed by atoms with E-state index in [0.29, 0.717) is 17.6 Å². The van der Waals surface area contributed by atoms with E-state index >= 15 is 0 Å². The number of hydrogen-bond donors (Lipinski definition) is 0. The van der Waals surface area contributed by atoms with Crippen LogP contribution in [0.3, 0.4) is 0 Å². The third kappa shape index (κ3) is 2.93. The van der Waals surface area contributed by atoms with E-state index < -0.39 is 0 Å². The maximum atomic E-state index is 5.70. The van der Waals surface area contributed by atoms with E-state index in [9.17, 15) is 0 Å². The van der Waals surface area contributed by atoms with Crippen LogP contribution in [0.5, 0.6) is 0 Å². The largest absolute Gasteiger partial charge is 0.466 e. The van der Waals surface area contributed by atoms with Gasteiger partial charge in [-0.3, -0.25) is 0 Å². The van der Waals surface area contributed by atoms with Gasteiger partial charge in [-0.2, -0.15) is 4.80 Å². The molecule has 3 aromatic heterocycles. The van der Waals surface area contributed by atoms with Crippen molar-refractivity contribution in [3.8, 4) is 22.8 Å². The number of aryl methyl sites for hydroxylation is 3. The van der Waals surface area contributed by atoms with Gasteiger partial charge in [-0.05, 0) is 37.6 Å². The van der Waals surface area contributed by atoms with Crippen LogP contribution in [0.4, 0.5) is 0 Å². The molecule has 0 bridgehead atoms. The second-order valence-corrected chi connectivity index (χ2v) is 5.79. The van der Waals surface area contributed by atoms with Crippen LogP contribution < -0.4 is 0 Å². The van der Waals surface area contributed by atoms with Gasteiger partial charge in [0.2, 0.25) is 11.7 Å². The number of hydrogen-bond acceptors (Lipinski definition) is 7. The molecule has 0 atom stereocenters. The van der Waals surface area contributed by atoms with Crippen molar-refractivity contribution < 1.29 is 8.83 Å². The van der Waals surface area contributed by atoms with Gasteiger partial charge in [0, 0.05) is 5.56 Å². The Kier molecular flexibility index (Phi) is 3.64. The molecular formula is C17H16N6O2. The van der Waals surface area contributed by atoms with E-state index in [0.717, 1.165) is 28.2 Å². The first-order valence-corrected chi connectivity index (χ1v) is 7.84. The summed E-state index contributed by atoms with van der Waals surface area (Å²) in [7, 11) is 0. The highest BCUT2D eigenvalue weighted by Gasteiger charge is 2.16. The Morgan fingerprint density at radius 3 is 2.56 bits per heavy atom. The smallest absolute Gasteiger partial charge is 0.251 e. The number of furan rings is 1. The third-order valence-corrected chi connectivity index (χ3v) is 3.85. The van der Waals surface area contributed by atoms with E-state index in [-0.39, 0.29) is 6.54 Å². The van der Waals surface area contributed by atoms with Crippen LogP contribution in [0.2, 0.25) is 0 Å². The quantitative estimate of drug-likeness (QED) is 0.565. The molecule has 3 heterocycles. The Morgan fingerprint density at radius 1 is 0.960 bits per heavy atom. The van der Waals surface area contributed by atoms with Crippen molar-refractivity contribution in [2.75, 3.05) is 0 Å². The minimum absolute atomic E-state index is 0.252. The molecule has 8 nitrogen and oxygen atoms in total. The van der Waals surface area contributed by atoms with Crippen LogP contribution in [0.1, 0.15) is 23.0 Å². The normalized spacial score (nSPS) is 11.2. The maximum Gasteiger partial charge on any atom is 0.251 e. The molecule has 4 rings (SSSR count). The zero-order valence-electron chi connectivity index (χ0n) is 14.1. The minimum atomic E-state index is 0.252. The SMILES string of the molecule is Cc1cc(-c2nnc(Cn3nnc(-c4ccccc4C)n3)o2)c(C)o1. The minimum Gasteiger partial charge on any atom is -0.466 e. The molecule has 0 aliphatic carbocycles. The molecule has 0 saturated heterocycles. The van der Waals surface area contributed by atoms with Crippen molar-refractivity contribution in [1.82, 2.24) is 30.4 Å². The topological polar surface area (TPSA) is 95.7 Å². The first kappa shape index (κ1) is 15.3. The molecular weight excluding hydrogens is 320 g/mol. The van der Waals surface area contributed by atoms with Gasteiger partial charge in [0.15, 0.2) is 0 Å². The van der Waals surface area contributed by atoms with Crippen molar-refractivity contribution >= 4 is 0 Å². The Balaban J connectivity index is 1.56. The number of tetrazole rings is 1. The summed E-state index contributed by atoms with van der Waals surface area (Å²) in [4.78, 5) is 1.44. The third-order valence-electron chi connectivity index (χ3n) is 3.85. The predicted octanol–water partition coefficient (Wildman–Crippen LogP) is 2.96. The molecule has 0 amide bonds. The zero-order chi connectivity index (χ0) is 17.4. The van der Waals surface area contributed by atoms with Gasteiger partial charge in [0.05, 0.1) is 5.56 Å². The highest BCUT2D eigenvalue weighted by molar-refractivity contribution is 5.58. The average Bonchev–Trinajstić information content (AvgIpc) is 3.29. The number of aromatic nitrogens is 6. The second-order valence-electron chi connectivity index (χ2n) is 5.79. The molecule has 25 heavy (non-hydrogen) atoms. The van der Waals surface area contributed by atoms with Crippen LogP contribution >= 0.6 is 0 Å². The van der Waals surface area contributed by atoms with Crippen molar-refractivity contribution in [2.45, 2.75) is 27.3 Å². The molecule has 126 valence electrons. The molecule has 0 unspecified atom stereocenters. The van der Waals surface area contributed by atoms with Gasteiger partial charge in [-0.25, -0.2) is 0 Å². The van der Waals surface area contributed by atoms with E-state index in [1.807, 2.05) is 51.1 Å². The molecule has 1 aromatic carbocycles. The molecule has 4 aromatic rings. The lowest BCUT2D eigenvalue weighted by atomic mass is 10.1. The fraction of sp³-hybridized carbons (Fsp3) is 0.235. The van der Waals surface area contributed by atoms with Gasteiger partial charge in [-0.1, -0.05) is 24.3 Å². The molecule has 0 radical (unpaired) electrons. The summed E-state index contributed by atoms with van der Waals surface area (Å²) in [5.41, 5.74) is 2.83. The van der Waals surface area contributed by atoms with E-state index in [2.05, 4.69) is 25.6 Å². The first-order chi connectivity index (χ1) is 12.1. The summed E-state index contributed by atoms with van der Waals surface area (Å²) in [6.45, 7) is 6.00. The van der Waals surface area contributed by atoms with Gasteiger partial charge in [0.25, 0.3) is 5.89 Å². The highest BCUT2D eigenvalue weighted by atomic mass is 16.4. The standard InChI is InChI=1S/C17H16N6O2/c1-10-6-4-5-7-13(10)16-19-22-23(21-16)9-15-18-20-17(25-15)14-8-11(2)24-12(14)3/h4-8H,9H2,1-3H3. The lowest BCUT2D eigenvalue weighted by molar-refractivity contribution is 0.445. The molecule has 0 fully saturated rings. The summed E-state index contributed by atoms with van der Waals surface area (Å²) in [5.74, 6) is 2.94. The number of nitrogens with zero attached hydrogens (tertiary/aromatic N) is 6. The summed E-state index contributed by atoms with van der Waals surface area (Å²) in [5, 5.41) is 20.7. The maximum absolute atomic E-state index is 5.70. The molecule has 0 aliphatic heterocycles. The number of rotatable bonds is 4. The second kappa shape index (κ2) is 5.97. The van der Waals surface area contributed by atoms with Gasteiger partial charge in [-0.15, -0.1) is 20.4 Å². The Hall–Kier alpha value is -3.29. The van der Waals surface area contributed by atoms with Crippen LogP contribution in [0, 0.1) is 20.8 Å². The predicted molar refractivity (Wildman–Crippen MR) is 88.6 cm³/mol. The Bertz CT molecular complexity index is 1030. The molecule has 0 spiro atoms. The number of benzene rings is 1. The van der Waals surface area contributed by atoms with Crippen LogP contribution in [-0.4, -0.2) is 30.4 Å². The zero-order valence-corrected chi connectivity index (χ0v) is 14.1. The molecule has 8 heteroatoms. The molecule has 0 N–H and O–H groups in total. The van der Waals surface area contributed by atoms with Crippen molar-refractivity contribution in [1.29, 1.82) is 0 Å². The Morgan fingerprint density at radius 2 is 1.80 bits per heavy atom. The lowest BCUT2D eigenvalue weighted by Gasteiger charge is -1.98. The van der Waals surface area contributed by atoms with Crippen LogP contribution in [-0.2, 0) is 6.54 Å². The van der Waals surface area contributed by atoms with Gasteiger partial charge < -0.3 is 8.83 Å². The fourth-order valence-electron chi connectivity index (χ4n) is 2.63. The molecule has 0 saturated carbocycles. The van der Waals surface area contributed by atoms with Crippen LogP contribution in [0.25, 0.3) is 22.8 Å². The summed E-state index contributed by atoms with van der Waals surface area (Å²) in [6, 6.07) is 9.77. The van der Waals surface area contributed by atoms with Gasteiger partial charge >= 0.3 is 0 Å². The summed E-state index contributed by atoms with van der Waals surface area (Å²) >= 11 is 0. The summed E-state index contributed by atoms with van der Waals surface area (Å²) in [6.07, 6.45) is 0. The highest BCUT2D eigenvalue weighted by Crippen LogP contribution is 2.25. The lowest BCUT2D eigenvalue weighted by Crippen LogP contribution is -2.04. The van der Waals surface area contributed by atoms with Crippen LogP contribution in [0.15, 0.2) is 39.2 Å². The van der Waals surface area contributed by atoms with Crippen molar-refractivity contribution in [3.63, 3.8) is 0 Å². The molecule has 0 aliphatic rings. The summed E-state index contributed by atoms with van der Waals surface area (Å²) < 4.78 is 11.2. The first-order valence-electron chi connectivity index (χ1n) is 7.84. The van der Waals surface area contributed by atoms with Gasteiger partial charge in [0.1, 0.15) is 18.1 Å². The Labute approximate surface area is 143 Å². The van der Waals surface area contributed by atoms with Crippen molar-refractivity contribution in [3.05, 3.63) is 53.3 Å². The van der Waals surface area contributed by atoms with E-state index in [4.69, 9.17) is 8.83 Å². The van der Waals surface area contributed by atoms with E-state index in [1.165, 1.54) is 4.80 Å².